The van der Waals surface area contributed by atoms with Crippen molar-refractivity contribution >= 4 is 11.5 Å². The van der Waals surface area contributed by atoms with Gasteiger partial charge in [-0.3, -0.25) is 0 Å². The molecule has 1 aromatic heterocycles. The van der Waals surface area contributed by atoms with Gasteiger partial charge in [0, 0.05) is 13.5 Å². The summed E-state index contributed by atoms with van der Waals surface area (Å²) in [7, 11) is 3.47. The van der Waals surface area contributed by atoms with Crippen molar-refractivity contribution in [3.8, 4) is 5.88 Å². The number of aromatic nitrogens is 2. The molecular formula is C10H15N5O. The molecular weight excluding hydrogens is 206 g/mol. The molecule has 1 aliphatic heterocycles. The monoisotopic (exact) mass is 221 g/mol. The molecule has 16 heavy (non-hydrogen) atoms. The molecule has 0 bridgehead atoms. The van der Waals surface area contributed by atoms with E-state index in [2.05, 4.69) is 15.3 Å². The van der Waals surface area contributed by atoms with E-state index in [0.717, 1.165) is 29.8 Å². The Bertz CT molecular complexity index is 472. The van der Waals surface area contributed by atoms with Crippen LogP contribution in [0.15, 0.2) is 10.2 Å². The maximum absolute atomic E-state index is 5.58. The van der Waals surface area contributed by atoms with Gasteiger partial charge in [0.05, 0.1) is 24.1 Å². The van der Waals surface area contributed by atoms with Gasteiger partial charge in [0.25, 0.3) is 0 Å². The van der Waals surface area contributed by atoms with E-state index in [1.54, 1.807) is 11.8 Å². The highest BCUT2D eigenvalue weighted by Crippen LogP contribution is 2.24. The molecule has 2 heterocycles. The third kappa shape index (κ3) is 1.66. The Balaban J connectivity index is 2.48. The molecule has 2 N–H and O–H groups in total. The lowest BCUT2D eigenvalue weighted by Crippen LogP contribution is -2.18. The highest BCUT2D eigenvalue weighted by atomic mass is 16.5. The molecule has 2 rings (SSSR count). The van der Waals surface area contributed by atoms with Gasteiger partial charge in [0.1, 0.15) is 5.84 Å². The molecule has 6 nitrogen and oxygen atoms in total. The van der Waals surface area contributed by atoms with Crippen LogP contribution < -0.4 is 10.5 Å². The average molecular weight is 221 g/mol. The van der Waals surface area contributed by atoms with Crippen LogP contribution in [-0.4, -0.2) is 28.4 Å². The minimum atomic E-state index is 0.573. The summed E-state index contributed by atoms with van der Waals surface area (Å²) >= 11 is 0. The van der Waals surface area contributed by atoms with Crippen LogP contribution in [0.3, 0.4) is 0 Å². The van der Waals surface area contributed by atoms with Crippen molar-refractivity contribution in [2.75, 3.05) is 7.11 Å². The van der Waals surface area contributed by atoms with Gasteiger partial charge in [-0.1, -0.05) is 0 Å². The molecule has 0 radical (unpaired) electrons. The maximum Gasteiger partial charge on any atom is 0.220 e. The number of rotatable bonds is 2. The zero-order valence-corrected chi connectivity index (χ0v) is 9.69. The predicted molar refractivity (Wildman–Crippen MR) is 61.9 cm³/mol. The molecule has 0 atom stereocenters. The van der Waals surface area contributed by atoms with Gasteiger partial charge in [0.15, 0.2) is 0 Å². The number of aryl methyl sites for hydroxylation is 2. The predicted octanol–water partition coefficient (Wildman–Crippen LogP) is 0.592. The van der Waals surface area contributed by atoms with Crippen LogP contribution in [0.25, 0.3) is 0 Å². The molecule has 0 spiro atoms. The van der Waals surface area contributed by atoms with E-state index in [9.17, 15) is 0 Å². The minimum Gasteiger partial charge on any atom is -0.481 e. The Labute approximate surface area is 93.8 Å². The van der Waals surface area contributed by atoms with Crippen LogP contribution in [0.4, 0.5) is 0 Å². The van der Waals surface area contributed by atoms with Crippen molar-refractivity contribution in [3.63, 3.8) is 0 Å². The molecule has 1 aliphatic rings. The Morgan fingerprint density at radius 2 is 2.06 bits per heavy atom. The standard InChI is InChI=1S/C10H15N5O/c1-6-9(10(16-3)15(2)14-6)7-4-5-8(11)13-12-7/h4-5H2,1-3H3,(H2,11,13). The first-order valence-electron chi connectivity index (χ1n) is 5.10. The van der Waals surface area contributed by atoms with Gasteiger partial charge in [-0.05, 0) is 13.3 Å². The molecule has 86 valence electrons. The quantitative estimate of drug-likeness (QED) is 0.794. The average Bonchev–Trinajstić information content (AvgIpc) is 2.54. The number of nitrogens with zero attached hydrogens (tertiary/aromatic N) is 4. The zero-order valence-electron chi connectivity index (χ0n) is 9.69. The normalized spacial score (nSPS) is 15.7. The smallest absolute Gasteiger partial charge is 0.220 e. The summed E-state index contributed by atoms with van der Waals surface area (Å²) in [6.45, 7) is 1.93. The van der Waals surface area contributed by atoms with Gasteiger partial charge < -0.3 is 10.5 Å². The molecule has 0 saturated heterocycles. The Morgan fingerprint density at radius 1 is 1.31 bits per heavy atom. The number of amidine groups is 1. The Morgan fingerprint density at radius 3 is 2.62 bits per heavy atom. The summed E-state index contributed by atoms with van der Waals surface area (Å²) < 4.78 is 7.02. The first kappa shape index (κ1) is 10.7. The first-order chi connectivity index (χ1) is 7.63. The molecule has 1 aromatic rings. The van der Waals surface area contributed by atoms with E-state index >= 15 is 0 Å². The molecule has 0 unspecified atom stereocenters. The fourth-order valence-electron chi connectivity index (χ4n) is 1.85. The number of hydrogen-bond donors (Lipinski definition) is 1. The van der Waals surface area contributed by atoms with Crippen LogP contribution in [0.5, 0.6) is 5.88 Å². The lowest BCUT2D eigenvalue weighted by molar-refractivity contribution is 0.372. The second kappa shape index (κ2) is 3.96. The lowest BCUT2D eigenvalue weighted by atomic mass is 10.1. The Hall–Kier alpha value is -1.85. The summed E-state index contributed by atoms with van der Waals surface area (Å²) in [5, 5.41) is 12.3. The SMILES string of the molecule is COc1c(C2=NN=C(N)CC2)c(C)nn1C. The van der Waals surface area contributed by atoms with Crippen LogP contribution in [0, 0.1) is 6.92 Å². The van der Waals surface area contributed by atoms with E-state index < -0.39 is 0 Å². The molecule has 6 heteroatoms. The van der Waals surface area contributed by atoms with Crippen molar-refractivity contribution < 1.29 is 4.74 Å². The maximum atomic E-state index is 5.58. The van der Waals surface area contributed by atoms with E-state index in [0.29, 0.717) is 11.7 Å². The van der Waals surface area contributed by atoms with Crippen LogP contribution in [0.1, 0.15) is 24.1 Å². The number of hydrogen-bond acceptors (Lipinski definition) is 5. The number of nitrogens with two attached hydrogens (primary N) is 1. The van der Waals surface area contributed by atoms with Crippen molar-refractivity contribution in [1.29, 1.82) is 0 Å². The zero-order chi connectivity index (χ0) is 11.7. The van der Waals surface area contributed by atoms with E-state index in [-0.39, 0.29) is 0 Å². The van der Waals surface area contributed by atoms with Crippen molar-refractivity contribution in [2.45, 2.75) is 19.8 Å². The summed E-state index contributed by atoms with van der Waals surface area (Å²) in [6, 6.07) is 0. The summed E-state index contributed by atoms with van der Waals surface area (Å²) in [6.07, 6.45) is 1.51. The fraction of sp³-hybridized carbons (Fsp3) is 0.500. The van der Waals surface area contributed by atoms with Gasteiger partial charge in [-0.2, -0.15) is 10.2 Å². The third-order valence-electron chi connectivity index (χ3n) is 2.57. The van der Waals surface area contributed by atoms with Gasteiger partial charge in [0.2, 0.25) is 5.88 Å². The van der Waals surface area contributed by atoms with Crippen molar-refractivity contribution in [1.82, 2.24) is 9.78 Å². The highest BCUT2D eigenvalue weighted by Gasteiger charge is 2.21. The van der Waals surface area contributed by atoms with E-state index in [1.807, 2.05) is 14.0 Å². The molecule has 0 aliphatic carbocycles. The van der Waals surface area contributed by atoms with Gasteiger partial charge in [-0.25, -0.2) is 4.68 Å². The van der Waals surface area contributed by atoms with Gasteiger partial charge >= 0.3 is 0 Å². The lowest BCUT2D eigenvalue weighted by Gasteiger charge is -2.10. The second-order valence-corrected chi connectivity index (χ2v) is 3.73. The van der Waals surface area contributed by atoms with Crippen molar-refractivity contribution in [2.24, 2.45) is 23.0 Å². The first-order valence-corrected chi connectivity index (χ1v) is 5.10. The van der Waals surface area contributed by atoms with Crippen LogP contribution in [0.2, 0.25) is 0 Å². The van der Waals surface area contributed by atoms with E-state index in [1.165, 1.54) is 0 Å². The second-order valence-electron chi connectivity index (χ2n) is 3.73. The third-order valence-corrected chi connectivity index (χ3v) is 2.57. The van der Waals surface area contributed by atoms with Crippen LogP contribution >= 0.6 is 0 Å². The summed E-state index contributed by atoms with van der Waals surface area (Å²) in [5.41, 5.74) is 8.29. The van der Waals surface area contributed by atoms with Crippen molar-refractivity contribution in [3.05, 3.63) is 11.3 Å². The number of methoxy groups -OCH3 is 1. The molecule has 0 amide bonds. The van der Waals surface area contributed by atoms with Gasteiger partial charge in [-0.15, -0.1) is 5.10 Å². The molecule has 0 saturated carbocycles. The number of ether oxygens (including phenoxy) is 1. The van der Waals surface area contributed by atoms with Crippen LogP contribution in [-0.2, 0) is 7.05 Å². The Kier molecular flexibility index (Phi) is 2.64. The topological polar surface area (TPSA) is 77.8 Å². The summed E-state index contributed by atoms with van der Waals surface area (Å²) in [5.74, 6) is 1.29. The van der Waals surface area contributed by atoms with E-state index in [4.69, 9.17) is 10.5 Å². The summed E-state index contributed by atoms with van der Waals surface area (Å²) in [4.78, 5) is 0. The minimum absolute atomic E-state index is 0.573. The largest absolute Gasteiger partial charge is 0.481 e. The molecule has 0 aromatic carbocycles. The highest BCUT2D eigenvalue weighted by molar-refractivity contribution is 6.06. The fourth-order valence-corrected chi connectivity index (χ4v) is 1.85. The molecule has 0 fully saturated rings.